The third-order valence-electron chi connectivity index (χ3n) is 6.45. The molecular weight excluding hydrogens is 439 g/mol. The van der Waals surface area contributed by atoms with Crippen LogP contribution < -0.4 is 5.32 Å². The van der Waals surface area contributed by atoms with E-state index in [9.17, 15) is 18.0 Å². The number of anilines is 1. The van der Waals surface area contributed by atoms with E-state index in [4.69, 9.17) is 0 Å². The molecule has 2 aliphatic rings. The predicted molar refractivity (Wildman–Crippen MR) is 125 cm³/mol. The number of allylic oxidation sites excluding steroid dienone is 1. The smallest absolute Gasteiger partial charge is 0.322 e. The number of alkyl halides is 3. The van der Waals surface area contributed by atoms with Gasteiger partial charge < -0.3 is 5.32 Å². The molecule has 1 aliphatic heterocycles. The number of benzene rings is 2. The molecule has 0 saturated carbocycles. The Morgan fingerprint density at radius 1 is 1.06 bits per heavy atom. The zero-order valence-electron chi connectivity index (χ0n) is 18.5. The van der Waals surface area contributed by atoms with Gasteiger partial charge in [0.1, 0.15) is 0 Å². The Kier molecular flexibility index (Phi) is 5.96. The molecule has 2 aromatic carbocycles. The topological polar surface area (TPSA) is 45.2 Å². The third kappa shape index (κ3) is 4.61. The summed E-state index contributed by atoms with van der Waals surface area (Å²) < 4.78 is 39.0. The monoisotopic (exact) mass is 463 g/mol. The van der Waals surface area contributed by atoms with Gasteiger partial charge in [-0.2, -0.15) is 13.2 Å². The largest absolute Gasteiger partial charge is 0.416 e. The maximum atomic E-state index is 13.0. The molecule has 1 aromatic heterocycles. The van der Waals surface area contributed by atoms with Gasteiger partial charge in [0.05, 0.1) is 11.3 Å². The van der Waals surface area contributed by atoms with Crippen LogP contribution in [0.25, 0.3) is 6.08 Å². The lowest BCUT2D eigenvalue weighted by Gasteiger charge is -2.31. The molecule has 1 aliphatic carbocycles. The summed E-state index contributed by atoms with van der Waals surface area (Å²) >= 11 is 0. The van der Waals surface area contributed by atoms with Crippen molar-refractivity contribution in [3.05, 3.63) is 99.9 Å². The Morgan fingerprint density at radius 2 is 1.91 bits per heavy atom. The van der Waals surface area contributed by atoms with Crippen LogP contribution in [0.4, 0.5) is 18.9 Å². The van der Waals surface area contributed by atoms with E-state index in [1.807, 2.05) is 18.3 Å². The van der Waals surface area contributed by atoms with Crippen molar-refractivity contribution in [2.75, 3.05) is 11.9 Å². The second-order valence-corrected chi connectivity index (χ2v) is 8.71. The molecule has 1 amide bonds. The molecule has 174 valence electrons. The van der Waals surface area contributed by atoms with Gasteiger partial charge in [0, 0.05) is 37.1 Å². The maximum absolute atomic E-state index is 13.0. The number of aromatic nitrogens is 1. The zero-order valence-corrected chi connectivity index (χ0v) is 18.5. The number of nitrogens with one attached hydrogen (secondary N) is 1. The van der Waals surface area contributed by atoms with E-state index in [-0.39, 0.29) is 11.6 Å². The van der Waals surface area contributed by atoms with Crippen LogP contribution >= 0.6 is 0 Å². The minimum absolute atomic E-state index is 0.131. The van der Waals surface area contributed by atoms with Gasteiger partial charge in [0.2, 0.25) is 0 Å². The van der Waals surface area contributed by atoms with E-state index in [1.165, 1.54) is 23.3 Å². The number of hydrogen-bond acceptors (Lipinski definition) is 3. The molecule has 0 spiro atoms. The summed E-state index contributed by atoms with van der Waals surface area (Å²) in [6.45, 7) is 2.33. The van der Waals surface area contributed by atoms with Gasteiger partial charge in [-0.05, 0) is 77.9 Å². The summed E-state index contributed by atoms with van der Waals surface area (Å²) in [6.07, 6.45) is 4.37. The summed E-state index contributed by atoms with van der Waals surface area (Å²) in [7, 11) is 0. The van der Waals surface area contributed by atoms with Crippen molar-refractivity contribution in [3.63, 3.8) is 0 Å². The average molecular weight is 464 g/mol. The molecule has 4 nitrogen and oxygen atoms in total. The first-order chi connectivity index (χ1) is 16.4. The first kappa shape index (κ1) is 22.3. The van der Waals surface area contributed by atoms with Gasteiger partial charge in [0.25, 0.3) is 5.91 Å². The number of hydrogen-bond donors (Lipinski definition) is 1. The van der Waals surface area contributed by atoms with Gasteiger partial charge in [-0.15, -0.1) is 0 Å². The van der Waals surface area contributed by atoms with E-state index in [0.29, 0.717) is 18.5 Å². The van der Waals surface area contributed by atoms with Crippen LogP contribution in [0.5, 0.6) is 0 Å². The van der Waals surface area contributed by atoms with E-state index in [1.54, 1.807) is 6.07 Å². The van der Waals surface area contributed by atoms with Crippen LogP contribution in [0.15, 0.2) is 60.8 Å². The van der Waals surface area contributed by atoms with Crippen LogP contribution in [-0.2, 0) is 32.1 Å². The van der Waals surface area contributed by atoms with Crippen molar-refractivity contribution in [3.8, 4) is 0 Å². The van der Waals surface area contributed by atoms with E-state index in [0.717, 1.165) is 54.9 Å². The molecule has 0 fully saturated rings. The highest BCUT2D eigenvalue weighted by Crippen LogP contribution is 2.31. The number of carbonyl (C=O) groups is 1. The second kappa shape index (κ2) is 9.06. The van der Waals surface area contributed by atoms with Gasteiger partial charge in [0.15, 0.2) is 0 Å². The molecule has 3 aromatic rings. The molecular formula is C27H24F3N3O. The van der Waals surface area contributed by atoms with Gasteiger partial charge >= 0.3 is 6.18 Å². The first-order valence-corrected chi connectivity index (χ1v) is 11.3. The van der Waals surface area contributed by atoms with Crippen molar-refractivity contribution < 1.29 is 18.0 Å². The van der Waals surface area contributed by atoms with Crippen LogP contribution in [0.2, 0.25) is 0 Å². The summed E-state index contributed by atoms with van der Waals surface area (Å²) in [5.74, 6) is -0.389. The Hall–Kier alpha value is -3.45. The standard InChI is InChI=1S/C27H24F3N3O/c28-27(29,30)20-6-4-7-21(15-20)32-26(34)24-9-3-5-18-16-33(14-12-22(18)24)17-19-11-13-31-25-10-2-1-8-23(19)25/h2-7,9-11,13,15H,1,8,12,14,16-17H2,(H,32,34). The number of carbonyl (C=O) groups excluding carboxylic acids is 1. The Morgan fingerprint density at radius 3 is 2.76 bits per heavy atom. The van der Waals surface area contributed by atoms with Gasteiger partial charge in [-0.3, -0.25) is 14.7 Å². The van der Waals surface area contributed by atoms with Gasteiger partial charge in [-0.1, -0.05) is 24.3 Å². The van der Waals surface area contributed by atoms with Crippen LogP contribution in [0.3, 0.4) is 0 Å². The summed E-state index contributed by atoms with van der Waals surface area (Å²) in [5, 5.41) is 2.64. The highest BCUT2D eigenvalue weighted by molar-refractivity contribution is 6.05. The number of halogens is 3. The molecule has 5 rings (SSSR count). The number of fused-ring (bicyclic) bond motifs is 2. The Bertz CT molecular complexity index is 1270. The van der Waals surface area contributed by atoms with Crippen molar-refractivity contribution in [1.29, 1.82) is 0 Å². The molecule has 1 N–H and O–H groups in total. The zero-order chi connectivity index (χ0) is 23.7. The molecule has 2 heterocycles. The minimum atomic E-state index is -4.46. The van der Waals surface area contributed by atoms with Crippen LogP contribution in [-0.4, -0.2) is 22.3 Å². The first-order valence-electron chi connectivity index (χ1n) is 11.3. The fraction of sp³-hybridized carbons (Fsp3) is 0.259. The number of nitrogens with zero attached hydrogens (tertiary/aromatic N) is 2. The van der Waals surface area contributed by atoms with Crippen molar-refractivity contribution in [2.24, 2.45) is 0 Å². The predicted octanol–water partition coefficient (Wildman–Crippen LogP) is 5.87. The van der Waals surface area contributed by atoms with Gasteiger partial charge in [-0.25, -0.2) is 0 Å². The highest BCUT2D eigenvalue weighted by atomic mass is 19.4. The third-order valence-corrected chi connectivity index (χ3v) is 6.45. The van der Waals surface area contributed by atoms with Crippen molar-refractivity contribution in [2.45, 2.75) is 38.5 Å². The quantitative estimate of drug-likeness (QED) is 0.526. The molecule has 0 bridgehead atoms. The molecule has 7 heteroatoms. The highest BCUT2D eigenvalue weighted by Gasteiger charge is 2.30. The second-order valence-electron chi connectivity index (χ2n) is 8.71. The molecule has 0 unspecified atom stereocenters. The molecule has 0 radical (unpaired) electrons. The lowest BCUT2D eigenvalue weighted by Crippen LogP contribution is -2.32. The number of pyridine rings is 1. The molecule has 0 saturated heterocycles. The average Bonchev–Trinajstić information content (AvgIpc) is 2.83. The lowest BCUT2D eigenvalue weighted by atomic mass is 9.92. The summed E-state index contributed by atoms with van der Waals surface area (Å²) in [4.78, 5) is 19.8. The van der Waals surface area contributed by atoms with Crippen molar-refractivity contribution >= 4 is 17.7 Å². The number of rotatable bonds is 4. The molecule has 0 atom stereocenters. The Balaban J connectivity index is 1.32. The minimum Gasteiger partial charge on any atom is -0.322 e. The lowest BCUT2D eigenvalue weighted by molar-refractivity contribution is -0.137. The van der Waals surface area contributed by atoms with E-state index >= 15 is 0 Å². The van der Waals surface area contributed by atoms with Crippen LogP contribution in [0, 0.1) is 0 Å². The number of amides is 1. The fourth-order valence-electron chi connectivity index (χ4n) is 4.78. The van der Waals surface area contributed by atoms with Crippen LogP contribution in [0.1, 0.15) is 50.3 Å². The normalized spacial score (nSPS) is 15.5. The SMILES string of the molecule is O=C(Nc1cccc(C(F)(F)F)c1)c1cccc2c1CCN(Cc1ccnc3c1CCC=C3)C2. The van der Waals surface area contributed by atoms with E-state index in [2.05, 4.69) is 33.4 Å². The fourth-order valence-corrected chi connectivity index (χ4v) is 4.78. The van der Waals surface area contributed by atoms with E-state index < -0.39 is 11.7 Å². The Labute approximate surface area is 196 Å². The molecule has 34 heavy (non-hydrogen) atoms. The van der Waals surface area contributed by atoms with Crippen molar-refractivity contribution in [1.82, 2.24) is 9.88 Å². The maximum Gasteiger partial charge on any atom is 0.416 e. The summed E-state index contributed by atoms with van der Waals surface area (Å²) in [6, 6.07) is 12.4. The summed E-state index contributed by atoms with van der Waals surface area (Å²) in [5.41, 5.74) is 5.54.